The van der Waals surface area contributed by atoms with Crippen LogP contribution in [0.2, 0.25) is 0 Å². The first kappa shape index (κ1) is 13.7. The molecule has 1 atom stereocenters. The summed E-state index contributed by atoms with van der Waals surface area (Å²) in [6.45, 7) is 3.65. The van der Waals surface area contributed by atoms with Crippen LogP contribution in [-0.4, -0.2) is 23.7 Å². The molecule has 0 aliphatic heterocycles. The van der Waals surface area contributed by atoms with Gasteiger partial charge in [0, 0.05) is 6.08 Å². The lowest BCUT2D eigenvalue weighted by Gasteiger charge is -2.11. The summed E-state index contributed by atoms with van der Waals surface area (Å²) in [4.78, 5) is 21.7. The van der Waals surface area contributed by atoms with Crippen LogP contribution in [0.1, 0.15) is 33.1 Å². The van der Waals surface area contributed by atoms with Crippen molar-refractivity contribution in [3.63, 3.8) is 0 Å². The molecule has 0 amide bonds. The van der Waals surface area contributed by atoms with Crippen LogP contribution in [0.4, 0.5) is 0 Å². The van der Waals surface area contributed by atoms with Gasteiger partial charge in [-0.15, -0.1) is 0 Å². The zero-order valence-corrected chi connectivity index (χ0v) is 9.23. The van der Waals surface area contributed by atoms with Gasteiger partial charge < -0.3 is 9.84 Å². The van der Waals surface area contributed by atoms with Gasteiger partial charge in [-0.2, -0.15) is 0 Å². The largest absolute Gasteiger partial charge is 0.481 e. The van der Waals surface area contributed by atoms with Crippen molar-refractivity contribution in [3.05, 3.63) is 12.2 Å². The van der Waals surface area contributed by atoms with Crippen molar-refractivity contribution in [2.45, 2.75) is 33.1 Å². The zero-order chi connectivity index (χ0) is 11.7. The number of hydrogen-bond donors (Lipinski definition) is 1. The van der Waals surface area contributed by atoms with Crippen molar-refractivity contribution in [2.75, 3.05) is 6.61 Å². The number of hydrogen-bond acceptors (Lipinski definition) is 3. The zero-order valence-electron chi connectivity index (χ0n) is 9.23. The number of unbranched alkanes of at least 4 members (excludes halogenated alkanes) is 1. The summed E-state index contributed by atoms with van der Waals surface area (Å²) in [5.41, 5.74) is 0. The van der Waals surface area contributed by atoms with Crippen molar-refractivity contribution in [3.8, 4) is 0 Å². The molecule has 0 aliphatic carbocycles. The molecule has 0 saturated carbocycles. The molecule has 0 fully saturated rings. The van der Waals surface area contributed by atoms with Crippen molar-refractivity contribution < 1.29 is 19.4 Å². The lowest BCUT2D eigenvalue weighted by atomic mass is 10.0. The number of ether oxygens (including phenoxy) is 1. The predicted octanol–water partition coefficient (Wildman–Crippen LogP) is 2.00. The molecular formula is C11H18O4. The van der Waals surface area contributed by atoms with Crippen LogP contribution in [0.15, 0.2) is 12.2 Å². The Bertz CT molecular complexity index is 233. The molecule has 4 heteroatoms. The molecule has 0 spiro atoms. The van der Waals surface area contributed by atoms with E-state index in [-0.39, 0.29) is 6.61 Å². The van der Waals surface area contributed by atoms with Gasteiger partial charge >= 0.3 is 11.9 Å². The van der Waals surface area contributed by atoms with E-state index in [0.717, 1.165) is 12.8 Å². The average Bonchev–Trinajstić information content (AvgIpc) is 2.17. The van der Waals surface area contributed by atoms with Gasteiger partial charge in [0.1, 0.15) is 6.61 Å². The number of esters is 1. The SMILES string of the molecule is CC=CC(=O)OCC(CCCC)C(=O)O. The monoisotopic (exact) mass is 214 g/mol. The maximum atomic E-state index is 10.9. The minimum atomic E-state index is -0.906. The quantitative estimate of drug-likeness (QED) is 0.520. The molecule has 0 aromatic heterocycles. The lowest BCUT2D eigenvalue weighted by Crippen LogP contribution is -2.21. The van der Waals surface area contributed by atoms with E-state index in [4.69, 9.17) is 9.84 Å². The highest BCUT2D eigenvalue weighted by molar-refractivity contribution is 5.82. The molecule has 86 valence electrons. The van der Waals surface area contributed by atoms with Crippen molar-refractivity contribution in [1.82, 2.24) is 0 Å². The summed E-state index contributed by atoms with van der Waals surface area (Å²) in [5, 5.41) is 8.83. The Labute approximate surface area is 89.9 Å². The van der Waals surface area contributed by atoms with Crippen LogP contribution in [0, 0.1) is 5.92 Å². The third kappa shape index (κ3) is 6.71. The molecule has 15 heavy (non-hydrogen) atoms. The molecule has 1 unspecified atom stereocenters. The molecule has 0 saturated heterocycles. The fourth-order valence-corrected chi connectivity index (χ4v) is 1.10. The van der Waals surface area contributed by atoms with E-state index in [2.05, 4.69) is 0 Å². The molecule has 0 aromatic carbocycles. The Balaban J connectivity index is 3.95. The highest BCUT2D eigenvalue weighted by atomic mass is 16.5. The number of carbonyl (C=O) groups excluding carboxylic acids is 1. The fourth-order valence-electron chi connectivity index (χ4n) is 1.10. The van der Waals surface area contributed by atoms with Gasteiger partial charge in [-0.3, -0.25) is 4.79 Å². The molecule has 0 aliphatic rings. The van der Waals surface area contributed by atoms with Crippen LogP contribution < -0.4 is 0 Å². The van der Waals surface area contributed by atoms with E-state index >= 15 is 0 Å². The van der Waals surface area contributed by atoms with E-state index in [1.165, 1.54) is 6.08 Å². The van der Waals surface area contributed by atoms with Crippen molar-refractivity contribution >= 4 is 11.9 Å². The summed E-state index contributed by atoms with van der Waals surface area (Å²) >= 11 is 0. The van der Waals surface area contributed by atoms with E-state index in [1.807, 2.05) is 6.92 Å². The van der Waals surface area contributed by atoms with Crippen molar-refractivity contribution in [1.29, 1.82) is 0 Å². The second kappa shape index (κ2) is 8.03. The van der Waals surface area contributed by atoms with Gasteiger partial charge in [0.2, 0.25) is 0 Å². The maximum absolute atomic E-state index is 10.9. The minimum Gasteiger partial charge on any atom is -0.481 e. The van der Waals surface area contributed by atoms with E-state index in [0.29, 0.717) is 6.42 Å². The van der Waals surface area contributed by atoms with E-state index in [1.54, 1.807) is 13.0 Å². The molecule has 0 aromatic rings. The van der Waals surface area contributed by atoms with E-state index in [9.17, 15) is 9.59 Å². The van der Waals surface area contributed by atoms with Gasteiger partial charge in [0.25, 0.3) is 0 Å². The number of rotatable bonds is 7. The normalized spacial score (nSPS) is 12.7. The van der Waals surface area contributed by atoms with Gasteiger partial charge in [-0.1, -0.05) is 25.8 Å². The summed E-state index contributed by atoms with van der Waals surface area (Å²) in [6.07, 6.45) is 5.16. The Hall–Kier alpha value is -1.32. The molecule has 0 bridgehead atoms. The highest BCUT2D eigenvalue weighted by Crippen LogP contribution is 2.09. The average molecular weight is 214 g/mol. The van der Waals surface area contributed by atoms with Gasteiger partial charge in [-0.05, 0) is 13.3 Å². The highest BCUT2D eigenvalue weighted by Gasteiger charge is 2.18. The standard InChI is InChI=1S/C11H18O4/c1-3-5-7-9(11(13)14)8-15-10(12)6-4-2/h4,6,9H,3,5,7-8H2,1-2H3,(H,13,14). The fraction of sp³-hybridized carbons (Fsp3) is 0.636. The van der Waals surface area contributed by atoms with Crippen molar-refractivity contribution in [2.24, 2.45) is 5.92 Å². The lowest BCUT2D eigenvalue weighted by molar-refractivity contribution is -0.148. The Morgan fingerprint density at radius 3 is 2.60 bits per heavy atom. The topological polar surface area (TPSA) is 63.6 Å². The Morgan fingerprint density at radius 2 is 2.13 bits per heavy atom. The second-order valence-corrected chi connectivity index (χ2v) is 3.31. The third-order valence-electron chi connectivity index (χ3n) is 1.98. The Kier molecular flexibility index (Phi) is 7.32. The molecule has 4 nitrogen and oxygen atoms in total. The Morgan fingerprint density at radius 1 is 1.47 bits per heavy atom. The smallest absolute Gasteiger partial charge is 0.330 e. The number of carboxylic acids is 1. The summed E-state index contributed by atoms with van der Waals surface area (Å²) in [5.74, 6) is -1.98. The third-order valence-corrected chi connectivity index (χ3v) is 1.98. The first-order chi connectivity index (χ1) is 7.11. The second-order valence-electron chi connectivity index (χ2n) is 3.31. The summed E-state index contributed by atoms with van der Waals surface area (Å²) in [6, 6.07) is 0. The minimum absolute atomic E-state index is 0.0431. The molecule has 1 N–H and O–H groups in total. The van der Waals surface area contributed by atoms with Crippen LogP contribution in [0.25, 0.3) is 0 Å². The van der Waals surface area contributed by atoms with Crippen LogP contribution >= 0.6 is 0 Å². The molecule has 0 rings (SSSR count). The molecule has 0 radical (unpaired) electrons. The number of carbonyl (C=O) groups is 2. The van der Waals surface area contributed by atoms with Gasteiger partial charge in [-0.25, -0.2) is 4.79 Å². The van der Waals surface area contributed by atoms with Gasteiger partial charge in [0.05, 0.1) is 5.92 Å². The summed E-state index contributed by atoms with van der Waals surface area (Å²) < 4.78 is 4.80. The number of aliphatic carboxylic acids is 1. The predicted molar refractivity (Wildman–Crippen MR) is 56.4 cm³/mol. The van der Waals surface area contributed by atoms with Crippen LogP contribution in [0.5, 0.6) is 0 Å². The number of allylic oxidation sites excluding steroid dienone is 1. The van der Waals surface area contributed by atoms with Gasteiger partial charge in [0.15, 0.2) is 0 Å². The number of carboxylic acid groups (broad SMARTS) is 1. The van der Waals surface area contributed by atoms with Crippen LogP contribution in [-0.2, 0) is 14.3 Å². The summed E-state index contributed by atoms with van der Waals surface area (Å²) in [7, 11) is 0. The molecular weight excluding hydrogens is 196 g/mol. The first-order valence-electron chi connectivity index (χ1n) is 5.14. The first-order valence-corrected chi connectivity index (χ1v) is 5.14. The van der Waals surface area contributed by atoms with E-state index < -0.39 is 17.9 Å². The maximum Gasteiger partial charge on any atom is 0.330 e. The van der Waals surface area contributed by atoms with Crippen LogP contribution in [0.3, 0.4) is 0 Å². The molecule has 0 heterocycles.